The summed E-state index contributed by atoms with van der Waals surface area (Å²) < 4.78 is 77.4. The van der Waals surface area contributed by atoms with Gasteiger partial charge in [-0.3, -0.25) is 0 Å². The Balaban J connectivity index is 1.55. The van der Waals surface area contributed by atoms with Gasteiger partial charge in [0.05, 0.1) is 18.7 Å². The van der Waals surface area contributed by atoms with Crippen LogP contribution in [0.3, 0.4) is 0 Å². The van der Waals surface area contributed by atoms with Crippen LogP contribution < -0.4 is 4.72 Å². The van der Waals surface area contributed by atoms with E-state index in [9.17, 15) is 26.4 Å². The number of thiophene rings is 1. The molecule has 1 amide bonds. The van der Waals surface area contributed by atoms with Crippen LogP contribution in [-0.2, 0) is 33.9 Å². The van der Waals surface area contributed by atoms with Crippen molar-refractivity contribution in [2.45, 2.75) is 63.9 Å². The fourth-order valence-corrected chi connectivity index (χ4v) is 7.83. The maximum Gasteiger partial charge on any atom is 0.421 e. The zero-order valence-corrected chi connectivity index (χ0v) is 27.4. The normalized spacial score (nSPS) is 12.1. The van der Waals surface area contributed by atoms with Crippen molar-refractivity contribution in [1.82, 2.24) is 19.3 Å². The van der Waals surface area contributed by atoms with Gasteiger partial charge < -0.3 is 9.30 Å². The Hall–Kier alpha value is -4.23. The monoisotopic (exact) mass is 670 g/mol. The van der Waals surface area contributed by atoms with Crippen molar-refractivity contribution in [3.63, 3.8) is 0 Å². The summed E-state index contributed by atoms with van der Waals surface area (Å²) >= 11 is 0.653. The zero-order valence-electron chi connectivity index (χ0n) is 25.7. The number of sulfonamides is 1. The number of hydrogen-bond donors (Lipinski definition) is 1. The molecule has 8 nitrogen and oxygen atoms in total. The fourth-order valence-electron chi connectivity index (χ4n) is 5.20. The molecule has 0 aliphatic carbocycles. The van der Waals surface area contributed by atoms with E-state index >= 15 is 0 Å². The first-order valence-corrected chi connectivity index (χ1v) is 17.0. The number of imidazole rings is 1. The summed E-state index contributed by atoms with van der Waals surface area (Å²) in [5, 5.41) is 0. The molecule has 0 atom stereocenters. The number of nitrogens with one attached hydrogen (secondary N) is 1. The first-order valence-electron chi connectivity index (χ1n) is 14.7. The summed E-state index contributed by atoms with van der Waals surface area (Å²) in [5.74, 6) is 0.872. The number of aryl methyl sites for hydroxylation is 3. The number of nitrogens with zero attached hydrogens (tertiary/aromatic N) is 3. The number of unbranched alkanes of at least 4 members (excludes halogenated alkanes) is 1. The van der Waals surface area contributed by atoms with Gasteiger partial charge in [-0.2, -0.15) is 13.2 Å². The molecule has 2 aromatic carbocycles. The number of halogens is 3. The van der Waals surface area contributed by atoms with Crippen LogP contribution in [0.4, 0.5) is 18.0 Å². The predicted octanol–water partition coefficient (Wildman–Crippen LogP) is 8.29. The van der Waals surface area contributed by atoms with Gasteiger partial charge in [-0.25, -0.2) is 27.9 Å². The van der Waals surface area contributed by atoms with E-state index in [0.29, 0.717) is 36.3 Å². The standard InChI is InChI=1S/C33H33F3N4O4S2/c1-5-7-16-44-32(41)39-46(42,43)31-25(18-27(45-31)24-10-8-9-11-26(24)33(34,35)36)23-14-12-22(13-15-23)19-40-28(6-2)38-29-20(3)17-21(4)37-30(29)40/h8-15,17-18H,5-7,16,19H2,1-4H3,(H,39,41). The minimum atomic E-state index is -4.66. The number of ether oxygens (including phenoxy) is 1. The van der Waals surface area contributed by atoms with E-state index < -0.39 is 27.9 Å². The topological polar surface area (TPSA) is 103 Å². The molecule has 0 saturated carbocycles. The molecule has 0 radical (unpaired) electrons. The van der Waals surface area contributed by atoms with Crippen LogP contribution in [0.2, 0.25) is 0 Å². The number of carbonyl (C=O) groups excluding carboxylic acids is 1. The molecule has 0 aliphatic rings. The highest BCUT2D eigenvalue weighted by Gasteiger charge is 2.35. The lowest BCUT2D eigenvalue weighted by atomic mass is 10.0. The van der Waals surface area contributed by atoms with Crippen molar-refractivity contribution >= 4 is 38.6 Å². The minimum Gasteiger partial charge on any atom is -0.449 e. The predicted molar refractivity (Wildman–Crippen MR) is 172 cm³/mol. The number of fused-ring (bicyclic) bond motifs is 1. The Morgan fingerprint density at radius 3 is 2.39 bits per heavy atom. The molecule has 13 heteroatoms. The van der Waals surface area contributed by atoms with E-state index in [-0.39, 0.29) is 26.8 Å². The van der Waals surface area contributed by atoms with E-state index in [4.69, 9.17) is 14.7 Å². The van der Waals surface area contributed by atoms with Crippen molar-refractivity contribution in [1.29, 1.82) is 0 Å². The smallest absolute Gasteiger partial charge is 0.421 e. The molecule has 0 saturated heterocycles. The number of carbonyl (C=O) groups is 1. The Kier molecular flexibility index (Phi) is 9.54. The number of benzene rings is 2. The van der Waals surface area contributed by atoms with Crippen LogP contribution in [0.5, 0.6) is 0 Å². The molecule has 5 aromatic rings. The van der Waals surface area contributed by atoms with Crippen molar-refractivity contribution in [2.24, 2.45) is 0 Å². The third-order valence-electron chi connectivity index (χ3n) is 7.41. The second-order valence-corrected chi connectivity index (χ2v) is 13.8. The highest BCUT2D eigenvalue weighted by Crippen LogP contribution is 2.44. The number of rotatable bonds is 10. The maximum atomic E-state index is 13.9. The summed E-state index contributed by atoms with van der Waals surface area (Å²) in [6.07, 6.45) is -3.84. The summed E-state index contributed by atoms with van der Waals surface area (Å²) in [7, 11) is -4.51. The van der Waals surface area contributed by atoms with Gasteiger partial charge in [0.2, 0.25) is 0 Å². The van der Waals surface area contributed by atoms with E-state index in [2.05, 4.69) is 0 Å². The number of alkyl halides is 3. The van der Waals surface area contributed by atoms with E-state index in [1.54, 1.807) is 12.1 Å². The van der Waals surface area contributed by atoms with Crippen molar-refractivity contribution in [3.05, 3.63) is 88.9 Å². The first-order chi connectivity index (χ1) is 21.8. The Morgan fingerprint density at radius 2 is 1.72 bits per heavy atom. The Morgan fingerprint density at radius 1 is 1.00 bits per heavy atom. The van der Waals surface area contributed by atoms with E-state index in [1.807, 2.05) is 55.2 Å². The number of hydrogen-bond acceptors (Lipinski definition) is 7. The molecular weight excluding hydrogens is 638 g/mol. The quantitative estimate of drug-likeness (QED) is 0.150. The molecule has 0 unspecified atom stereocenters. The second kappa shape index (κ2) is 13.2. The van der Waals surface area contributed by atoms with Gasteiger partial charge in [0.25, 0.3) is 10.0 Å². The lowest BCUT2D eigenvalue weighted by Crippen LogP contribution is -2.31. The number of pyridine rings is 1. The van der Waals surface area contributed by atoms with Crippen LogP contribution in [0, 0.1) is 13.8 Å². The minimum absolute atomic E-state index is 0.0292. The van der Waals surface area contributed by atoms with Crippen LogP contribution in [0.15, 0.2) is 64.9 Å². The van der Waals surface area contributed by atoms with Gasteiger partial charge in [-0.15, -0.1) is 11.3 Å². The van der Waals surface area contributed by atoms with Gasteiger partial charge in [0, 0.05) is 28.1 Å². The third-order valence-corrected chi connectivity index (χ3v) is 10.4. The SMILES string of the molecule is CCCCOC(=O)NS(=O)(=O)c1sc(-c2ccccc2C(F)(F)F)cc1-c1ccc(Cn2c(CC)nc3c(C)cc(C)nc32)cc1. The largest absolute Gasteiger partial charge is 0.449 e. The highest BCUT2D eigenvalue weighted by atomic mass is 32.2. The lowest BCUT2D eigenvalue weighted by molar-refractivity contribution is -0.137. The summed E-state index contributed by atoms with van der Waals surface area (Å²) in [5.41, 5.74) is 3.95. The van der Waals surface area contributed by atoms with Crippen molar-refractivity contribution in [2.75, 3.05) is 6.61 Å². The molecule has 0 bridgehead atoms. The van der Waals surface area contributed by atoms with Gasteiger partial charge in [0.15, 0.2) is 5.65 Å². The molecule has 0 fully saturated rings. The molecule has 0 spiro atoms. The number of aromatic nitrogens is 3. The molecule has 1 N–H and O–H groups in total. The molecular formula is C33H33F3N4O4S2. The lowest BCUT2D eigenvalue weighted by Gasteiger charge is -2.11. The van der Waals surface area contributed by atoms with Crippen molar-refractivity contribution in [3.8, 4) is 21.6 Å². The first kappa shape index (κ1) is 33.1. The van der Waals surface area contributed by atoms with Gasteiger partial charge in [-0.05, 0) is 55.2 Å². The Bertz CT molecular complexity index is 2000. The third kappa shape index (κ3) is 6.95. The van der Waals surface area contributed by atoms with Gasteiger partial charge in [-0.1, -0.05) is 62.7 Å². The van der Waals surface area contributed by atoms with Gasteiger partial charge in [0.1, 0.15) is 15.6 Å². The van der Waals surface area contributed by atoms with Gasteiger partial charge >= 0.3 is 12.3 Å². The molecule has 5 rings (SSSR count). The van der Waals surface area contributed by atoms with Crippen LogP contribution >= 0.6 is 11.3 Å². The summed E-state index contributed by atoms with van der Waals surface area (Å²) in [4.78, 5) is 21.9. The van der Waals surface area contributed by atoms with Crippen LogP contribution in [0.25, 0.3) is 32.7 Å². The fraction of sp³-hybridized carbons (Fsp3) is 0.303. The zero-order chi connectivity index (χ0) is 33.2. The molecule has 0 aliphatic heterocycles. The average Bonchev–Trinajstić information content (AvgIpc) is 3.60. The molecule has 242 valence electrons. The highest BCUT2D eigenvalue weighted by molar-refractivity contribution is 7.92. The molecule has 46 heavy (non-hydrogen) atoms. The van der Waals surface area contributed by atoms with Crippen LogP contribution in [-0.4, -0.2) is 35.7 Å². The van der Waals surface area contributed by atoms with Crippen molar-refractivity contribution < 1.29 is 31.1 Å². The maximum absolute atomic E-state index is 13.9. The number of amides is 1. The summed E-state index contributed by atoms with van der Waals surface area (Å²) in [6.45, 7) is 8.32. The Labute approximate surface area is 269 Å². The average molecular weight is 671 g/mol. The molecule has 3 heterocycles. The van der Waals surface area contributed by atoms with E-state index in [0.717, 1.165) is 46.3 Å². The molecule has 3 aromatic heterocycles. The second-order valence-electron chi connectivity index (χ2n) is 10.9. The summed E-state index contributed by atoms with van der Waals surface area (Å²) in [6, 6.07) is 15.5. The van der Waals surface area contributed by atoms with Crippen LogP contribution in [0.1, 0.15) is 54.9 Å². The van der Waals surface area contributed by atoms with E-state index in [1.165, 1.54) is 24.3 Å².